The Morgan fingerprint density at radius 3 is 2.17 bits per heavy atom. The highest BCUT2D eigenvalue weighted by Gasteiger charge is 2.04. The molecule has 0 N–H and O–H groups in total. The molecule has 0 unspecified atom stereocenters. The molecule has 0 amide bonds. The minimum absolute atomic E-state index is 0.0873. The first-order valence-electron chi connectivity index (χ1n) is 7.10. The van der Waals surface area contributed by atoms with E-state index >= 15 is 0 Å². The summed E-state index contributed by atoms with van der Waals surface area (Å²) in [5, 5.41) is 0. The normalized spacial score (nSPS) is 11.7. The summed E-state index contributed by atoms with van der Waals surface area (Å²) in [6.07, 6.45) is 11.2. The molecular formula is C18H14N4O. The van der Waals surface area contributed by atoms with E-state index in [1.807, 2.05) is 12.1 Å². The second kappa shape index (κ2) is 6.27. The molecule has 0 saturated carbocycles. The van der Waals surface area contributed by atoms with Gasteiger partial charge >= 0.3 is 0 Å². The number of aromatic nitrogens is 4. The van der Waals surface area contributed by atoms with Crippen LogP contribution in [-0.2, 0) is 4.79 Å². The summed E-state index contributed by atoms with van der Waals surface area (Å²) in [6, 6.07) is 3.68. The maximum absolute atomic E-state index is 11.5. The molecule has 0 aliphatic heterocycles. The highest BCUT2D eigenvalue weighted by Crippen LogP contribution is 2.18. The summed E-state index contributed by atoms with van der Waals surface area (Å²) >= 11 is 0. The molecule has 0 radical (unpaired) electrons. The summed E-state index contributed by atoms with van der Waals surface area (Å²) in [6.45, 7) is 5.49. The van der Waals surface area contributed by atoms with E-state index < -0.39 is 0 Å². The summed E-state index contributed by atoms with van der Waals surface area (Å²) in [7, 11) is 0. The summed E-state index contributed by atoms with van der Waals surface area (Å²) in [5.74, 6) is -0.0873. The van der Waals surface area contributed by atoms with Crippen LogP contribution in [0.15, 0.2) is 49.3 Å². The van der Waals surface area contributed by atoms with Crippen molar-refractivity contribution in [1.29, 1.82) is 0 Å². The summed E-state index contributed by atoms with van der Waals surface area (Å²) in [5.41, 5.74) is 4.25. The second-order valence-corrected chi connectivity index (χ2v) is 4.86. The zero-order valence-electron chi connectivity index (χ0n) is 12.6. The van der Waals surface area contributed by atoms with Crippen LogP contribution >= 0.6 is 0 Å². The quantitative estimate of drug-likeness (QED) is 0.546. The minimum atomic E-state index is -0.0873. The zero-order valence-corrected chi connectivity index (χ0v) is 12.6. The van der Waals surface area contributed by atoms with Gasteiger partial charge in [0.05, 0.1) is 45.8 Å². The van der Waals surface area contributed by atoms with Gasteiger partial charge in [-0.15, -0.1) is 0 Å². The van der Waals surface area contributed by atoms with E-state index in [-0.39, 0.29) is 5.78 Å². The van der Waals surface area contributed by atoms with Gasteiger partial charge in [-0.2, -0.15) is 0 Å². The number of carbonyl (C=O) groups excluding carboxylic acids is 1. The Labute approximate surface area is 133 Å². The molecule has 112 valence electrons. The summed E-state index contributed by atoms with van der Waals surface area (Å²) in [4.78, 5) is 29.1. The lowest BCUT2D eigenvalue weighted by molar-refractivity contribution is -0.110. The predicted octanol–water partition coefficient (Wildman–Crippen LogP) is 3.37. The molecule has 0 aliphatic rings. The Bertz CT molecular complexity index is 973. The molecule has 0 atom stereocenters. The lowest BCUT2D eigenvalue weighted by Crippen LogP contribution is -1.92. The first-order chi connectivity index (χ1) is 11.2. The van der Waals surface area contributed by atoms with Gasteiger partial charge in [0.1, 0.15) is 0 Å². The summed E-state index contributed by atoms with van der Waals surface area (Å²) < 4.78 is 0. The van der Waals surface area contributed by atoms with Crippen LogP contribution in [0.5, 0.6) is 0 Å². The third-order valence-corrected chi connectivity index (χ3v) is 3.20. The molecule has 0 spiro atoms. The molecule has 3 aromatic rings. The first-order valence-corrected chi connectivity index (χ1v) is 7.10. The molecular weight excluding hydrogens is 288 g/mol. The Morgan fingerprint density at radius 1 is 0.957 bits per heavy atom. The molecule has 0 saturated heterocycles. The van der Waals surface area contributed by atoms with Crippen LogP contribution in [0.25, 0.3) is 34.2 Å². The van der Waals surface area contributed by atoms with Crippen molar-refractivity contribution in [3.8, 4) is 0 Å². The fraction of sp³-hybridized carbons (Fsp3) is 0.0556. The van der Waals surface area contributed by atoms with Gasteiger partial charge < -0.3 is 0 Å². The van der Waals surface area contributed by atoms with Gasteiger partial charge in [-0.3, -0.25) is 14.8 Å². The van der Waals surface area contributed by atoms with Crippen molar-refractivity contribution < 1.29 is 4.79 Å². The lowest BCUT2D eigenvalue weighted by atomic mass is 10.2. The molecule has 0 fully saturated rings. The smallest absolute Gasteiger partial charge is 0.178 e. The topological polar surface area (TPSA) is 68.6 Å². The third-order valence-electron chi connectivity index (χ3n) is 3.20. The number of carbonyl (C=O) groups is 1. The fourth-order valence-corrected chi connectivity index (χ4v) is 2.11. The van der Waals surface area contributed by atoms with Crippen LogP contribution in [0, 0.1) is 0 Å². The highest BCUT2D eigenvalue weighted by molar-refractivity contribution is 6.02. The molecule has 1 aromatic carbocycles. The number of benzene rings is 1. The SMILES string of the molecule is C=Cc1cnc2cc3nc(/C=C\C(=O)/C=C\C)cnc3cc2n1. The zero-order chi connectivity index (χ0) is 16.2. The number of hydrogen-bond acceptors (Lipinski definition) is 5. The lowest BCUT2D eigenvalue weighted by Gasteiger charge is -2.02. The molecule has 5 nitrogen and oxygen atoms in total. The Balaban J connectivity index is 2.04. The van der Waals surface area contributed by atoms with Gasteiger partial charge in [-0.1, -0.05) is 12.7 Å². The van der Waals surface area contributed by atoms with Gasteiger partial charge in [0.2, 0.25) is 0 Å². The number of hydrogen-bond donors (Lipinski definition) is 0. The standard InChI is InChI=1S/C18H14N4O/c1-3-5-14(23)7-6-13-11-20-16-8-17-15(9-18(16)22-13)19-10-12(4-2)21-17/h3-11H,2H2,1H3/b5-3-,7-6-. The van der Waals surface area contributed by atoms with Gasteiger partial charge in [0.25, 0.3) is 0 Å². The molecule has 0 aliphatic carbocycles. The van der Waals surface area contributed by atoms with Crippen LogP contribution < -0.4 is 0 Å². The van der Waals surface area contributed by atoms with Crippen LogP contribution in [0.4, 0.5) is 0 Å². The number of rotatable bonds is 4. The van der Waals surface area contributed by atoms with Gasteiger partial charge in [0.15, 0.2) is 5.78 Å². The number of allylic oxidation sites excluding steroid dienone is 3. The van der Waals surface area contributed by atoms with Crippen LogP contribution in [0.2, 0.25) is 0 Å². The van der Waals surface area contributed by atoms with Crippen LogP contribution in [0.3, 0.4) is 0 Å². The molecule has 5 heteroatoms. The highest BCUT2D eigenvalue weighted by atomic mass is 16.1. The average molecular weight is 302 g/mol. The largest absolute Gasteiger partial charge is 0.290 e. The van der Waals surface area contributed by atoms with E-state index in [0.29, 0.717) is 16.9 Å². The first kappa shape index (κ1) is 14.7. The van der Waals surface area contributed by atoms with E-state index in [4.69, 9.17) is 0 Å². The fourth-order valence-electron chi connectivity index (χ4n) is 2.11. The van der Waals surface area contributed by atoms with Crippen molar-refractivity contribution in [3.63, 3.8) is 0 Å². The Kier molecular flexibility index (Phi) is 4.01. The van der Waals surface area contributed by atoms with E-state index in [1.54, 1.807) is 37.5 Å². The Morgan fingerprint density at radius 2 is 1.57 bits per heavy atom. The maximum Gasteiger partial charge on any atom is 0.178 e. The van der Waals surface area contributed by atoms with E-state index in [9.17, 15) is 4.79 Å². The molecule has 23 heavy (non-hydrogen) atoms. The Hall–Kier alpha value is -3.21. The van der Waals surface area contributed by atoms with Crippen LogP contribution in [-0.4, -0.2) is 25.7 Å². The van der Waals surface area contributed by atoms with Crippen molar-refractivity contribution in [2.24, 2.45) is 0 Å². The van der Waals surface area contributed by atoms with E-state index in [1.165, 1.54) is 12.2 Å². The monoisotopic (exact) mass is 302 g/mol. The maximum atomic E-state index is 11.5. The van der Waals surface area contributed by atoms with Gasteiger partial charge in [-0.05, 0) is 43.4 Å². The van der Waals surface area contributed by atoms with E-state index in [2.05, 4.69) is 26.5 Å². The number of nitrogens with zero attached hydrogens (tertiary/aromatic N) is 4. The van der Waals surface area contributed by atoms with Gasteiger partial charge in [-0.25, -0.2) is 9.97 Å². The van der Waals surface area contributed by atoms with Gasteiger partial charge in [0, 0.05) is 0 Å². The third kappa shape index (κ3) is 3.18. The van der Waals surface area contributed by atoms with Crippen molar-refractivity contribution in [1.82, 2.24) is 19.9 Å². The molecule has 3 rings (SSSR count). The molecule has 2 heterocycles. The van der Waals surface area contributed by atoms with E-state index in [0.717, 1.165) is 16.6 Å². The van der Waals surface area contributed by atoms with Crippen LogP contribution in [0.1, 0.15) is 18.3 Å². The minimum Gasteiger partial charge on any atom is -0.290 e. The van der Waals surface area contributed by atoms with Crippen molar-refractivity contribution >= 4 is 40.0 Å². The number of ketones is 1. The van der Waals surface area contributed by atoms with Crippen molar-refractivity contribution in [2.75, 3.05) is 0 Å². The van der Waals surface area contributed by atoms with Crippen molar-refractivity contribution in [3.05, 3.63) is 60.7 Å². The van der Waals surface area contributed by atoms with Crippen molar-refractivity contribution in [2.45, 2.75) is 6.92 Å². The predicted molar refractivity (Wildman–Crippen MR) is 91.6 cm³/mol. The average Bonchev–Trinajstić information content (AvgIpc) is 2.57. The molecule has 0 bridgehead atoms. The molecule has 2 aromatic heterocycles. The number of fused-ring (bicyclic) bond motifs is 2. The second-order valence-electron chi connectivity index (χ2n) is 4.86.